The van der Waals surface area contributed by atoms with Crippen molar-refractivity contribution in [1.29, 1.82) is 0 Å². The molecule has 1 unspecified atom stereocenters. The van der Waals surface area contributed by atoms with Gasteiger partial charge in [0, 0.05) is 12.8 Å². The second-order valence-corrected chi connectivity index (χ2v) is 9.09. The number of nitrogens with zero attached hydrogens (tertiary/aromatic N) is 2. The number of unbranched alkanes of at least 4 members (excludes halogenated alkanes) is 5. The highest BCUT2D eigenvalue weighted by molar-refractivity contribution is 7.73. The van der Waals surface area contributed by atoms with Crippen molar-refractivity contribution in [1.82, 2.24) is 0 Å². The Morgan fingerprint density at radius 3 is 2.45 bits per heavy atom. The minimum Gasteiger partial charge on any atom is -0.506 e. The van der Waals surface area contributed by atoms with Gasteiger partial charge in [-0.05, 0) is 49.0 Å². The first kappa shape index (κ1) is 26.3. The van der Waals surface area contributed by atoms with E-state index in [4.69, 9.17) is 0 Å². The van der Waals surface area contributed by atoms with E-state index in [-0.39, 0.29) is 45.8 Å². The fourth-order valence-corrected chi connectivity index (χ4v) is 4.22. The molecule has 1 aliphatic carbocycles. The van der Waals surface area contributed by atoms with Gasteiger partial charge in [-0.15, -0.1) is 10.2 Å². The Bertz CT molecular complexity index is 1050. The van der Waals surface area contributed by atoms with Gasteiger partial charge >= 0.3 is 0 Å². The van der Waals surface area contributed by atoms with Gasteiger partial charge in [-0.25, -0.2) is 0 Å². The van der Waals surface area contributed by atoms with Crippen LogP contribution in [0.15, 0.2) is 46.0 Å². The minimum absolute atomic E-state index is 0.00820. The Balaban J connectivity index is 2.30. The summed E-state index contributed by atoms with van der Waals surface area (Å²) in [6, 6.07) is 3.09. The molecule has 0 amide bonds. The van der Waals surface area contributed by atoms with Gasteiger partial charge in [-0.1, -0.05) is 45.1 Å². The summed E-state index contributed by atoms with van der Waals surface area (Å²) in [5, 5.41) is 38.9. The molecule has 0 bridgehead atoms. The lowest BCUT2D eigenvalue weighted by atomic mass is 9.87. The number of rotatable bonds is 13. The maximum absolute atomic E-state index is 11.2. The molecule has 3 N–H and O–H groups in total. The fraction of sp³-hybridized carbons (Fsp3) is 0.500. The molecule has 0 radical (unpaired) electrons. The molecule has 33 heavy (non-hydrogen) atoms. The van der Waals surface area contributed by atoms with E-state index in [1.54, 1.807) is 6.07 Å². The number of aliphatic hydroxyl groups is 1. The average molecular weight is 477 g/mol. The zero-order chi connectivity index (χ0) is 24.2. The number of carbonyl (C=O) groups excluding carboxylic acids is 1. The van der Waals surface area contributed by atoms with Gasteiger partial charge in [0.15, 0.2) is 5.69 Å². The Labute approximate surface area is 195 Å². The van der Waals surface area contributed by atoms with Crippen LogP contribution in [0.3, 0.4) is 0 Å². The van der Waals surface area contributed by atoms with Crippen LogP contribution in [0.5, 0.6) is 11.5 Å². The Morgan fingerprint density at radius 2 is 1.76 bits per heavy atom. The molecule has 8 nitrogen and oxygen atoms in total. The number of aliphatic hydroxyl groups excluding tert-OH is 1. The normalized spacial score (nSPS) is 14.8. The van der Waals surface area contributed by atoms with E-state index in [1.165, 1.54) is 24.6 Å². The number of azo groups is 1. The van der Waals surface area contributed by atoms with E-state index in [9.17, 15) is 28.5 Å². The number of phenols is 2. The summed E-state index contributed by atoms with van der Waals surface area (Å²) < 4.78 is 22.4. The lowest BCUT2D eigenvalue weighted by Crippen LogP contribution is -2.03. The first-order valence-electron chi connectivity index (χ1n) is 11.4. The van der Waals surface area contributed by atoms with Crippen LogP contribution >= 0.6 is 0 Å². The van der Waals surface area contributed by atoms with Crippen molar-refractivity contribution >= 4 is 27.1 Å². The van der Waals surface area contributed by atoms with Crippen molar-refractivity contribution in [3.63, 3.8) is 0 Å². The van der Waals surface area contributed by atoms with Gasteiger partial charge in [0.25, 0.3) is 0 Å². The van der Waals surface area contributed by atoms with Crippen molar-refractivity contribution in [2.24, 2.45) is 10.2 Å². The third-order valence-corrected chi connectivity index (χ3v) is 6.37. The third-order valence-electron chi connectivity index (χ3n) is 5.66. The van der Waals surface area contributed by atoms with Crippen molar-refractivity contribution < 1.29 is 28.5 Å². The molecule has 1 aromatic carbocycles. The quantitative estimate of drug-likeness (QED) is 0.143. The summed E-state index contributed by atoms with van der Waals surface area (Å²) >= 11 is 0. The van der Waals surface area contributed by atoms with Crippen LogP contribution < -0.4 is 0 Å². The maximum Gasteiger partial charge on any atom is 0.217 e. The first-order chi connectivity index (χ1) is 15.9. The largest absolute Gasteiger partial charge is 0.506 e. The monoisotopic (exact) mass is 476 g/mol. The lowest BCUT2D eigenvalue weighted by molar-refractivity contribution is -0.107. The van der Waals surface area contributed by atoms with E-state index in [2.05, 4.69) is 17.2 Å². The number of phenolic OH excluding ortho intramolecular Hbond substituents is 2. The topological polar surface area (TPSA) is 137 Å². The molecular weight excluding hydrogens is 444 g/mol. The number of allylic oxidation sites excluding steroid dienone is 2. The van der Waals surface area contributed by atoms with E-state index in [0.717, 1.165) is 38.4 Å². The molecule has 0 spiro atoms. The molecule has 9 heteroatoms. The number of carbonyl (C=O) groups is 1. The number of aldehydes is 1. The maximum atomic E-state index is 11.2. The molecule has 0 fully saturated rings. The van der Waals surface area contributed by atoms with Gasteiger partial charge in [-0.3, -0.25) is 0 Å². The van der Waals surface area contributed by atoms with Crippen molar-refractivity contribution in [2.75, 3.05) is 0 Å². The highest BCUT2D eigenvalue weighted by atomic mass is 32.2. The van der Waals surface area contributed by atoms with Crippen LogP contribution in [0.1, 0.15) is 82.6 Å². The highest BCUT2D eigenvalue weighted by Crippen LogP contribution is 2.44. The van der Waals surface area contributed by atoms with Gasteiger partial charge in [0.1, 0.15) is 29.2 Å². The zero-order valence-corrected chi connectivity index (χ0v) is 19.7. The molecule has 0 aliphatic heterocycles. The highest BCUT2D eigenvalue weighted by Gasteiger charge is 2.20. The van der Waals surface area contributed by atoms with Gasteiger partial charge in [-0.2, -0.15) is 8.42 Å². The predicted octanol–water partition coefficient (Wildman–Crippen LogP) is 5.78. The Kier molecular flexibility index (Phi) is 10.8. The van der Waals surface area contributed by atoms with Crippen LogP contribution in [0, 0.1) is 0 Å². The van der Waals surface area contributed by atoms with Crippen molar-refractivity contribution in [2.45, 2.75) is 77.0 Å². The molecule has 1 atom stereocenters. The van der Waals surface area contributed by atoms with Crippen molar-refractivity contribution in [3.05, 3.63) is 41.3 Å². The third kappa shape index (κ3) is 7.85. The average Bonchev–Trinajstić information content (AvgIpc) is 2.79. The van der Waals surface area contributed by atoms with Crippen LogP contribution in [-0.2, 0) is 15.1 Å². The molecule has 2 rings (SSSR count). The SMILES string of the molecule is CCCCCCCC(CCCC=O)c1ccc(O)c(N=NC2=CC(=S(=O)=O)CC=C2O)c1O. The Hall–Kier alpha value is -2.94. The second kappa shape index (κ2) is 13.6. The van der Waals surface area contributed by atoms with E-state index in [1.807, 2.05) is 0 Å². The van der Waals surface area contributed by atoms with Crippen LogP contribution in [0.2, 0.25) is 0 Å². The standard InChI is InChI=1S/C24H32N2O6S/c1-2-3-4-5-6-9-17(10-7-8-15-27)19-12-14-22(29)23(24(19)30)26-25-20-16-18(33(31)32)11-13-21(20)28/h12-17,28-30H,2-11H2,1H3. The minimum atomic E-state index is -2.46. The van der Waals surface area contributed by atoms with E-state index >= 15 is 0 Å². The molecule has 0 saturated carbocycles. The molecule has 1 aromatic rings. The smallest absolute Gasteiger partial charge is 0.217 e. The molecule has 0 aromatic heterocycles. The summed E-state index contributed by atoms with van der Waals surface area (Å²) in [6.07, 6.45) is 11.7. The molecule has 0 heterocycles. The summed E-state index contributed by atoms with van der Waals surface area (Å²) in [6.45, 7) is 2.16. The van der Waals surface area contributed by atoms with Gasteiger partial charge < -0.3 is 20.1 Å². The molecule has 180 valence electrons. The van der Waals surface area contributed by atoms with Crippen molar-refractivity contribution in [3.8, 4) is 11.5 Å². The number of hydrogen-bond donors (Lipinski definition) is 3. The predicted molar refractivity (Wildman–Crippen MR) is 128 cm³/mol. The summed E-state index contributed by atoms with van der Waals surface area (Å²) in [5.74, 6) is -0.737. The van der Waals surface area contributed by atoms with Crippen LogP contribution in [-0.4, -0.2) is 34.9 Å². The van der Waals surface area contributed by atoms with Crippen LogP contribution in [0.4, 0.5) is 5.69 Å². The van der Waals surface area contributed by atoms with E-state index in [0.29, 0.717) is 24.8 Å². The zero-order valence-electron chi connectivity index (χ0n) is 18.9. The lowest BCUT2D eigenvalue weighted by Gasteiger charge is -2.19. The number of aromatic hydroxyl groups is 2. The molecular formula is C24H32N2O6S. The summed E-state index contributed by atoms with van der Waals surface area (Å²) in [4.78, 5) is 10.8. The van der Waals surface area contributed by atoms with E-state index < -0.39 is 10.3 Å². The molecule has 1 aliphatic rings. The summed E-state index contributed by atoms with van der Waals surface area (Å²) in [7, 11) is -2.46. The summed E-state index contributed by atoms with van der Waals surface area (Å²) in [5.41, 5.74) is 0.388. The number of benzene rings is 1. The first-order valence-corrected chi connectivity index (χ1v) is 12.4. The molecule has 0 saturated heterocycles. The second-order valence-electron chi connectivity index (χ2n) is 8.09. The van der Waals surface area contributed by atoms with Gasteiger partial charge in [0.2, 0.25) is 10.3 Å². The number of hydrogen-bond acceptors (Lipinski definition) is 8. The fourth-order valence-electron chi connectivity index (χ4n) is 3.80. The Morgan fingerprint density at radius 1 is 1.03 bits per heavy atom. The van der Waals surface area contributed by atoms with Crippen LogP contribution in [0.25, 0.3) is 0 Å². The van der Waals surface area contributed by atoms with Gasteiger partial charge in [0.05, 0.1) is 4.86 Å².